The van der Waals surface area contributed by atoms with Crippen molar-refractivity contribution in [3.63, 3.8) is 0 Å². The third kappa shape index (κ3) is 10.6. The van der Waals surface area contributed by atoms with E-state index in [9.17, 15) is 0 Å². The second-order valence-electron chi connectivity index (χ2n) is 6.89. The molecule has 25 heavy (non-hydrogen) atoms. The molecule has 2 nitrogen and oxygen atoms in total. The summed E-state index contributed by atoms with van der Waals surface area (Å²) in [5, 5.41) is 18.1. The van der Waals surface area contributed by atoms with Crippen LogP contribution in [0, 0.1) is 0 Å². The summed E-state index contributed by atoms with van der Waals surface area (Å²) in [5.74, 6) is 0. The average Bonchev–Trinajstić information content (AvgIpc) is 2.64. The molecule has 2 aromatic carbocycles. The van der Waals surface area contributed by atoms with Crippen LogP contribution in [0.15, 0.2) is 60.7 Å². The Bertz CT molecular complexity index is 509. The maximum atomic E-state index is 9.05. The molecule has 0 heterocycles. The van der Waals surface area contributed by atoms with Gasteiger partial charge in [0.15, 0.2) is 0 Å². The molecule has 2 aromatic rings. The zero-order valence-electron chi connectivity index (χ0n) is 15.3. The second kappa shape index (κ2) is 13.8. The van der Waals surface area contributed by atoms with Crippen molar-refractivity contribution in [1.82, 2.24) is 0 Å². The molecule has 0 saturated heterocycles. The van der Waals surface area contributed by atoms with Gasteiger partial charge in [-0.05, 0) is 11.1 Å². The number of hydrogen-bond donors (Lipinski definition) is 2. The van der Waals surface area contributed by atoms with E-state index in [0.29, 0.717) is 0 Å². The van der Waals surface area contributed by atoms with Crippen LogP contribution >= 0.6 is 36.1 Å². The summed E-state index contributed by atoms with van der Waals surface area (Å²) in [6.07, 6.45) is 0. The van der Waals surface area contributed by atoms with Gasteiger partial charge in [0.1, 0.15) is 0 Å². The fourth-order valence-electron chi connectivity index (χ4n) is 1.96. The molecule has 0 saturated carbocycles. The van der Waals surface area contributed by atoms with Crippen molar-refractivity contribution < 1.29 is 25.1 Å². The van der Waals surface area contributed by atoms with Crippen molar-refractivity contribution in [1.29, 1.82) is 0 Å². The number of aliphatic hydroxyl groups excluding tert-OH is 2. The van der Waals surface area contributed by atoms with E-state index in [1.165, 1.54) is 11.1 Å². The summed E-state index contributed by atoms with van der Waals surface area (Å²) in [7, 11) is 0. The van der Waals surface area contributed by atoms with E-state index in [2.05, 4.69) is 36.1 Å². The van der Waals surface area contributed by atoms with Crippen LogP contribution in [0.4, 0.5) is 0 Å². The van der Waals surface area contributed by atoms with Gasteiger partial charge in [0.25, 0.3) is 0 Å². The summed E-state index contributed by atoms with van der Waals surface area (Å²) < 4.78 is 0. The molecule has 0 spiro atoms. The van der Waals surface area contributed by atoms with Gasteiger partial charge in [0.2, 0.25) is 0 Å². The first-order chi connectivity index (χ1) is 11.7. The van der Waals surface area contributed by atoms with Gasteiger partial charge in [-0.25, -0.2) is 0 Å². The molecule has 0 aromatic heterocycles. The molecule has 0 aliphatic heterocycles. The number of benzene rings is 2. The van der Waals surface area contributed by atoms with Crippen LogP contribution in [0.1, 0.15) is 38.8 Å². The Morgan fingerprint density at radius 1 is 0.680 bits per heavy atom. The molecule has 138 valence electrons. The van der Waals surface area contributed by atoms with Crippen molar-refractivity contribution >= 4 is 36.1 Å². The molecule has 0 aliphatic carbocycles. The molecule has 0 atom stereocenters. The van der Waals surface area contributed by atoms with Gasteiger partial charge in [0.05, 0.1) is 13.2 Å². The average molecular weight is 645 g/mol. The molecule has 2 N–H and O–H groups in total. The van der Waals surface area contributed by atoms with Crippen molar-refractivity contribution in [3.05, 3.63) is 71.8 Å². The number of aliphatic hydroxyl groups is 2. The first-order valence-corrected chi connectivity index (χ1v) is 22.7. The standard InChI is InChI=1S/2C10H14O.2HI.Zr/c2*1-10(2,8-11)9-6-4-3-5-7-9;;;/h2*3-7,11H,8H2,1-2H3;2*1H;/q;;;;+2/p-2. The molecular weight excluding hydrogens is 617 g/mol. The van der Waals surface area contributed by atoms with Gasteiger partial charge < -0.3 is 10.2 Å². The van der Waals surface area contributed by atoms with E-state index in [-0.39, 0.29) is 38.9 Å². The Balaban J connectivity index is 0.000000399. The van der Waals surface area contributed by atoms with Gasteiger partial charge >= 0.3 is 50.9 Å². The zero-order chi connectivity index (χ0) is 19.3. The van der Waals surface area contributed by atoms with Crippen LogP contribution in [0.3, 0.4) is 0 Å². The third-order valence-corrected chi connectivity index (χ3v) is 3.90. The normalized spacial score (nSPS) is 10.7. The minimum atomic E-state index is -0.110. The predicted octanol–water partition coefficient (Wildman–Crippen LogP) is 5.68. The van der Waals surface area contributed by atoms with Crippen LogP contribution in [0.2, 0.25) is 0 Å². The Kier molecular flexibility index (Phi) is 14.2. The van der Waals surface area contributed by atoms with Crippen molar-refractivity contribution in [3.8, 4) is 0 Å². The van der Waals surface area contributed by atoms with Crippen LogP contribution in [-0.2, 0) is 25.7 Å². The summed E-state index contributed by atoms with van der Waals surface area (Å²) in [5.41, 5.74) is 2.15. The number of halogens is 2. The van der Waals surface area contributed by atoms with Crippen LogP contribution in [0.5, 0.6) is 0 Å². The Hall–Kier alpha value is 0.703. The summed E-state index contributed by atoms with van der Waals surface area (Å²) in [6.45, 7) is 8.50. The predicted molar refractivity (Wildman–Crippen MR) is 121 cm³/mol. The molecule has 2 rings (SSSR count). The summed E-state index contributed by atoms with van der Waals surface area (Å²) in [4.78, 5) is 0. The Labute approximate surface area is 182 Å². The topological polar surface area (TPSA) is 40.5 Å². The molecule has 0 amide bonds. The fraction of sp³-hybridized carbons (Fsp3) is 0.400. The van der Waals surface area contributed by atoms with Gasteiger partial charge in [0, 0.05) is 10.8 Å². The van der Waals surface area contributed by atoms with Gasteiger partial charge in [-0.15, -0.1) is 0 Å². The van der Waals surface area contributed by atoms with E-state index in [4.69, 9.17) is 10.2 Å². The van der Waals surface area contributed by atoms with Crippen molar-refractivity contribution in [2.24, 2.45) is 0 Å². The molecule has 0 radical (unpaired) electrons. The van der Waals surface area contributed by atoms with E-state index >= 15 is 0 Å². The van der Waals surface area contributed by atoms with Crippen LogP contribution < -0.4 is 0 Å². The first kappa shape index (κ1) is 25.7. The van der Waals surface area contributed by atoms with Gasteiger partial charge in [-0.2, -0.15) is 0 Å². The monoisotopic (exact) mass is 644 g/mol. The SMILES string of the molecule is CC(C)(CO)c1ccccc1.CC(C)(CO)c1ccccc1.[I][Zr][I]. The van der Waals surface area contributed by atoms with Gasteiger partial charge in [-0.1, -0.05) is 88.4 Å². The molecule has 0 fully saturated rings. The maximum absolute atomic E-state index is 9.05. The zero-order valence-corrected chi connectivity index (χ0v) is 22.1. The second-order valence-corrected chi connectivity index (χ2v) is 25.8. The fourth-order valence-corrected chi connectivity index (χ4v) is 1.96. The van der Waals surface area contributed by atoms with E-state index < -0.39 is 0 Å². The molecular formula is C20H28I2O2Zr. The van der Waals surface area contributed by atoms with E-state index in [1.54, 1.807) is 0 Å². The molecule has 0 aliphatic rings. The Morgan fingerprint density at radius 3 is 1.12 bits per heavy atom. The third-order valence-electron chi connectivity index (χ3n) is 3.90. The van der Waals surface area contributed by atoms with E-state index in [1.807, 2.05) is 88.4 Å². The number of hydrogen-bond acceptors (Lipinski definition) is 2. The van der Waals surface area contributed by atoms with Crippen molar-refractivity contribution in [2.45, 2.75) is 38.5 Å². The summed E-state index contributed by atoms with van der Waals surface area (Å²) in [6, 6.07) is 20.1. The molecule has 5 heteroatoms. The molecule has 0 bridgehead atoms. The quantitative estimate of drug-likeness (QED) is 0.421. The summed E-state index contributed by atoms with van der Waals surface area (Å²) >= 11 is 5.06. The number of rotatable bonds is 4. The Morgan fingerprint density at radius 2 is 0.920 bits per heavy atom. The van der Waals surface area contributed by atoms with Gasteiger partial charge in [-0.3, -0.25) is 0 Å². The molecule has 0 unspecified atom stereocenters. The first-order valence-electron chi connectivity index (χ1n) is 8.04. The van der Waals surface area contributed by atoms with Crippen LogP contribution in [-0.4, -0.2) is 23.4 Å². The van der Waals surface area contributed by atoms with Crippen LogP contribution in [0.25, 0.3) is 0 Å². The minimum absolute atomic E-state index is 0.110. The van der Waals surface area contributed by atoms with E-state index in [0.717, 1.165) is 0 Å². The van der Waals surface area contributed by atoms with Crippen molar-refractivity contribution in [2.75, 3.05) is 13.2 Å².